The predicted octanol–water partition coefficient (Wildman–Crippen LogP) is 8.17. The van der Waals surface area contributed by atoms with Crippen LogP contribution >= 0.6 is 47.8 Å². The van der Waals surface area contributed by atoms with Gasteiger partial charge >= 0.3 is 0 Å². The molecule has 0 aliphatic heterocycles. The molecule has 0 aromatic heterocycles. The average molecular weight is 495 g/mol. The molecule has 0 fully saturated rings. The lowest BCUT2D eigenvalue weighted by Gasteiger charge is -2.24. The molecule has 4 aromatic rings. The quantitative estimate of drug-likeness (QED) is 0.216. The van der Waals surface area contributed by atoms with Crippen molar-refractivity contribution in [3.05, 3.63) is 55.4 Å². The van der Waals surface area contributed by atoms with E-state index in [9.17, 15) is 0 Å². The number of rotatable bonds is 0. The van der Waals surface area contributed by atoms with Crippen molar-refractivity contribution < 1.29 is 0 Å². The standard InChI is InChI=1S/C20H15Br3/c1-20(2,3)14-8-10-4-5-11-15(21)9-16(22)12-6-7-13(19(14)23)17(10)18(11)12/h4-9H,1-3H3. The number of hydrogen-bond donors (Lipinski definition) is 0. The third-order valence-corrected chi connectivity index (χ3v) is 6.71. The molecule has 0 amide bonds. The molecule has 0 aliphatic rings. The number of hydrogen-bond acceptors (Lipinski definition) is 0. The van der Waals surface area contributed by atoms with Crippen molar-refractivity contribution in [2.45, 2.75) is 26.2 Å². The fourth-order valence-corrected chi connectivity index (χ4v) is 5.87. The highest BCUT2D eigenvalue weighted by Crippen LogP contribution is 2.45. The summed E-state index contributed by atoms with van der Waals surface area (Å²) in [6.45, 7) is 6.79. The summed E-state index contributed by atoms with van der Waals surface area (Å²) in [5.41, 5.74) is 1.45. The van der Waals surface area contributed by atoms with E-state index in [1.54, 1.807) is 0 Å². The van der Waals surface area contributed by atoms with Crippen LogP contribution in [0, 0.1) is 0 Å². The topological polar surface area (TPSA) is 0 Å². The highest BCUT2D eigenvalue weighted by atomic mass is 79.9. The molecule has 23 heavy (non-hydrogen) atoms. The van der Waals surface area contributed by atoms with Gasteiger partial charge in [-0.25, -0.2) is 0 Å². The molecule has 3 heteroatoms. The van der Waals surface area contributed by atoms with Crippen LogP contribution in [-0.2, 0) is 5.41 Å². The molecule has 116 valence electrons. The van der Waals surface area contributed by atoms with Crippen LogP contribution < -0.4 is 0 Å². The van der Waals surface area contributed by atoms with E-state index in [-0.39, 0.29) is 5.41 Å². The van der Waals surface area contributed by atoms with Gasteiger partial charge in [0.2, 0.25) is 0 Å². The number of benzene rings is 4. The molecule has 0 atom stereocenters. The Morgan fingerprint density at radius 3 is 1.87 bits per heavy atom. The van der Waals surface area contributed by atoms with Crippen LogP contribution in [0.5, 0.6) is 0 Å². The maximum Gasteiger partial charge on any atom is 0.0291 e. The normalized spacial score (nSPS) is 12.8. The van der Waals surface area contributed by atoms with Crippen LogP contribution in [-0.4, -0.2) is 0 Å². The van der Waals surface area contributed by atoms with E-state index in [1.807, 2.05) is 0 Å². The average Bonchev–Trinajstić information content (AvgIpc) is 2.48. The SMILES string of the molecule is CC(C)(C)c1cc2ccc3c(Br)cc(Br)c4ccc(c1Br)c2c34. The van der Waals surface area contributed by atoms with E-state index in [1.165, 1.54) is 42.4 Å². The molecule has 4 rings (SSSR count). The molecule has 0 bridgehead atoms. The van der Waals surface area contributed by atoms with E-state index >= 15 is 0 Å². The fraction of sp³-hybridized carbons (Fsp3) is 0.200. The van der Waals surface area contributed by atoms with Crippen molar-refractivity contribution >= 4 is 80.1 Å². The van der Waals surface area contributed by atoms with E-state index in [2.05, 4.69) is 105 Å². The second-order valence-corrected chi connectivity index (χ2v) is 9.58. The fourth-order valence-electron chi connectivity index (χ4n) is 3.40. The van der Waals surface area contributed by atoms with E-state index in [0.29, 0.717) is 0 Å². The lowest BCUT2D eigenvalue weighted by Crippen LogP contribution is -2.12. The Hall–Kier alpha value is -0.640. The Bertz CT molecular complexity index is 1050. The van der Waals surface area contributed by atoms with Gasteiger partial charge in [-0.05, 0) is 71.4 Å². The summed E-state index contributed by atoms with van der Waals surface area (Å²) in [5.74, 6) is 0. The first-order valence-electron chi connectivity index (χ1n) is 7.54. The van der Waals surface area contributed by atoms with Gasteiger partial charge in [0.1, 0.15) is 0 Å². The molecular formula is C20H15Br3. The lowest BCUT2D eigenvalue weighted by molar-refractivity contribution is 0.589. The molecular weight excluding hydrogens is 480 g/mol. The van der Waals surface area contributed by atoms with Crippen LogP contribution in [0.3, 0.4) is 0 Å². The van der Waals surface area contributed by atoms with Crippen molar-refractivity contribution in [2.75, 3.05) is 0 Å². The second-order valence-electron chi connectivity index (χ2n) is 7.08. The Morgan fingerprint density at radius 1 is 0.696 bits per heavy atom. The Labute approximate surface area is 161 Å². The summed E-state index contributed by atoms with van der Waals surface area (Å²) in [5, 5.41) is 7.77. The van der Waals surface area contributed by atoms with Crippen LogP contribution in [0.15, 0.2) is 49.8 Å². The van der Waals surface area contributed by atoms with Crippen LogP contribution in [0.2, 0.25) is 0 Å². The maximum absolute atomic E-state index is 3.88. The van der Waals surface area contributed by atoms with Crippen molar-refractivity contribution in [1.82, 2.24) is 0 Å². The smallest absolute Gasteiger partial charge is 0.0291 e. The first-order valence-corrected chi connectivity index (χ1v) is 9.92. The summed E-state index contributed by atoms with van der Waals surface area (Å²) >= 11 is 11.3. The van der Waals surface area contributed by atoms with Crippen molar-refractivity contribution in [1.29, 1.82) is 0 Å². The zero-order valence-corrected chi connectivity index (χ0v) is 17.9. The van der Waals surface area contributed by atoms with Gasteiger partial charge in [0.15, 0.2) is 0 Å². The van der Waals surface area contributed by atoms with Crippen molar-refractivity contribution in [3.63, 3.8) is 0 Å². The Balaban J connectivity index is 2.32. The van der Waals surface area contributed by atoms with Gasteiger partial charge in [0, 0.05) is 13.4 Å². The summed E-state index contributed by atoms with van der Waals surface area (Å²) in [7, 11) is 0. The minimum Gasteiger partial charge on any atom is -0.0560 e. The summed E-state index contributed by atoms with van der Waals surface area (Å²) in [4.78, 5) is 0. The second kappa shape index (κ2) is 5.18. The summed E-state index contributed by atoms with van der Waals surface area (Å²) < 4.78 is 3.47. The highest BCUT2D eigenvalue weighted by Gasteiger charge is 2.22. The lowest BCUT2D eigenvalue weighted by atomic mass is 9.83. The Morgan fingerprint density at radius 2 is 1.26 bits per heavy atom. The first-order chi connectivity index (χ1) is 10.8. The minimum atomic E-state index is 0.102. The molecule has 0 radical (unpaired) electrons. The van der Waals surface area contributed by atoms with Gasteiger partial charge in [-0.2, -0.15) is 0 Å². The zero-order valence-electron chi connectivity index (χ0n) is 13.1. The minimum absolute atomic E-state index is 0.102. The predicted molar refractivity (Wildman–Crippen MR) is 112 cm³/mol. The molecule has 0 aliphatic carbocycles. The van der Waals surface area contributed by atoms with Crippen LogP contribution in [0.1, 0.15) is 26.3 Å². The molecule has 0 nitrogen and oxygen atoms in total. The monoisotopic (exact) mass is 492 g/mol. The molecule has 0 saturated heterocycles. The number of halogens is 3. The van der Waals surface area contributed by atoms with E-state index < -0.39 is 0 Å². The van der Waals surface area contributed by atoms with Gasteiger partial charge in [-0.1, -0.05) is 76.9 Å². The van der Waals surface area contributed by atoms with Gasteiger partial charge in [-0.15, -0.1) is 0 Å². The van der Waals surface area contributed by atoms with Crippen LogP contribution in [0.4, 0.5) is 0 Å². The maximum atomic E-state index is 3.88. The van der Waals surface area contributed by atoms with Gasteiger partial charge in [0.25, 0.3) is 0 Å². The molecule has 4 aromatic carbocycles. The third-order valence-electron chi connectivity index (χ3n) is 4.54. The molecule has 0 saturated carbocycles. The summed E-state index contributed by atoms with van der Waals surface area (Å²) in [6.07, 6.45) is 0. The van der Waals surface area contributed by atoms with E-state index in [0.717, 1.165) is 8.95 Å². The van der Waals surface area contributed by atoms with Crippen molar-refractivity contribution in [3.8, 4) is 0 Å². The first kappa shape index (κ1) is 15.9. The van der Waals surface area contributed by atoms with Gasteiger partial charge in [-0.3, -0.25) is 0 Å². The van der Waals surface area contributed by atoms with Crippen LogP contribution in [0.25, 0.3) is 32.3 Å². The highest BCUT2D eigenvalue weighted by molar-refractivity contribution is 9.11. The largest absolute Gasteiger partial charge is 0.0560 e. The molecule has 0 unspecified atom stereocenters. The molecule has 0 N–H and O–H groups in total. The molecule has 0 spiro atoms. The molecule has 0 heterocycles. The van der Waals surface area contributed by atoms with Gasteiger partial charge in [0.05, 0.1) is 0 Å². The van der Waals surface area contributed by atoms with E-state index in [4.69, 9.17) is 0 Å². The third kappa shape index (κ3) is 2.27. The Kier molecular flexibility index (Phi) is 3.57. The summed E-state index contributed by atoms with van der Waals surface area (Å²) in [6, 6.07) is 13.4. The van der Waals surface area contributed by atoms with Crippen molar-refractivity contribution in [2.24, 2.45) is 0 Å². The van der Waals surface area contributed by atoms with Gasteiger partial charge < -0.3 is 0 Å². The zero-order chi connectivity index (χ0) is 16.5.